The number of carbonyl (C=O) groups is 1. The van der Waals surface area contributed by atoms with E-state index in [9.17, 15) is 4.79 Å². The number of esters is 1. The maximum Gasteiger partial charge on any atom is 0.340 e. The van der Waals surface area contributed by atoms with Gasteiger partial charge in [0.15, 0.2) is 5.60 Å². The molecule has 0 radical (unpaired) electrons. The van der Waals surface area contributed by atoms with Crippen molar-refractivity contribution in [2.45, 2.75) is 59.2 Å². The van der Waals surface area contributed by atoms with E-state index in [1.165, 1.54) is 0 Å². The SMILES string of the molecule is Cc1ccccc1Nc1cc2c(cc1C)Oc1cc(N(C(C)C)C(C)C)ccc1C21OC(=O)c2ccccc21. The first kappa shape index (κ1) is 25.1. The van der Waals surface area contributed by atoms with Crippen molar-refractivity contribution in [1.29, 1.82) is 0 Å². The summed E-state index contributed by atoms with van der Waals surface area (Å²) in [6.07, 6.45) is 0. The zero-order valence-electron chi connectivity index (χ0n) is 23.3. The molecule has 5 nitrogen and oxygen atoms in total. The standard InChI is InChI=1S/C34H34N2O3/c1-20(2)36(21(3)4)24-15-16-27-32(18-24)38-31-17-23(6)30(35-29-14-10-7-11-22(29)5)19-28(31)34(27)26-13-9-8-12-25(26)33(37)39-34/h7-21,35H,1-6H3. The molecule has 0 saturated carbocycles. The fourth-order valence-corrected chi connectivity index (χ4v) is 6.15. The summed E-state index contributed by atoms with van der Waals surface area (Å²) in [5.41, 5.74) is 7.19. The van der Waals surface area contributed by atoms with Crippen LogP contribution in [-0.2, 0) is 10.3 Å². The Hall–Kier alpha value is -4.25. The van der Waals surface area contributed by atoms with Gasteiger partial charge in [0, 0.05) is 51.9 Å². The molecule has 4 aromatic rings. The number of hydrogen-bond donors (Lipinski definition) is 1. The number of fused-ring (bicyclic) bond motifs is 6. The predicted octanol–water partition coefficient (Wildman–Crippen LogP) is 8.24. The summed E-state index contributed by atoms with van der Waals surface area (Å²) in [4.78, 5) is 15.7. The minimum atomic E-state index is -1.11. The summed E-state index contributed by atoms with van der Waals surface area (Å²) in [6, 6.07) is 26.9. The maximum atomic E-state index is 13.3. The molecule has 0 aromatic heterocycles. The number of anilines is 3. The molecule has 6 rings (SSSR count). The van der Waals surface area contributed by atoms with Crippen molar-refractivity contribution < 1.29 is 14.3 Å². The molecule has 4 aromatic carbocycles. The lowest BCUT2D eigenvalue weighted by Crippen LogP contribution is -2.37. The molecule has 1 atom stereocenters. The topological polar surface area (TPSA) is 50.8 Å². The molecule has 0 saturated heterocycles. The molecule has 198 valence electrons. The minimum Gasteiger partial charge on any atom is -0.456 e. The number of ether oxygens (including phenoxy) is 2. The fraction of sp³-hybridized carbons (Fsp3) is 0.265. The van der Waals surface area contributed by atoms with Crippen molar-refractivity contribution in [2.75, 3.05) is 10.2 Å². The molecule has 1 spiro atoms. The van der Waals surface area contributed by atoms with Gasteiger partial charge in [-0.05, 0) is 89.1 Å². The lowest BCUT2D eigenvalue weighted by atomic mass is 9.77. The van der Waals surface area contributed by atoms with Gasteiger partial charge >= 0.3 is 5.97 Å². The van der Waals surface area contributed by atoms with E-state index in [-0.39, 0.29) is 5.97 Å². The molecule has 0 bridgehead atoms. The second-order valence-corrected chi connectivity index (χ2v) is 11.1. The van der Waals surface area contributed by atoms with Crippen molar-refractivity contribution >= 4 is 23.0 Å². The summed E-state index contributed by atoms with van der Waals surface area (Å²) >= 11 is 0. The second kappa shape index (κ2) is 9.19. The molecule has 39 heavy (non-hydrogen) atoms. The van der Waals surface area contributed by atoms with Crippen LogP contribution in [-0.4, -0.2) is 18.1 Å². The van der Waals surface area contributed by atoms with E-state index in [0.717, 1.165) is 44.9 Å². The fourth-order valence-electron chi connectivity index (χ4n) is 6.15. The molecular formula is C34H34N2O3. The predicted molar refractivity (Wildman–Crippen MR) is 157 cm³/mol. The number of nitrogens with zero attached hydrogens (tertiary/aromatic N) is 1. The first-order valence-corrected chi connectivity index (χ1v) is 13.6. The van der Waals surface area contributed by atoms with E-state index in [0.29, 0.717) is 29.1 Å². The summed E-state index contributed by atoms with van der Waals surface area (Å²) in [5, 5.41) is 3.60. The Labute approximate surface area is 230 Å². The van der Waals surface area contributed by atoms with Crippen molar-refractivity contribution in [2.24, 2.45) is 0 Å². The highest BCUT2D eigenvalue weighted by Crippen LogP contribution is 2.57. The van der Waals surface area contributed by atoms with Crippen molar-refractivity contribution in [1.82, 2.24) is 0 Å². The number of rotatable bonds is 5. The van der Waals surface area contributed by atoms with Gasteiger partial charge in [0.1, 0.15) is 11.5 Å². The smallest absolute Gasteiger partial charge is 0.340 e. The van der Waals surface area contributed by atoms with Crippen LogP contribution < -0.4 is 15.0 Å². The molecule has 0 aliphatic carbocycles. The van der Waals surface area contributed by atoms with Crippen LogP contribution in [0.4, 0.5) is 17.1 Å². The molecule has 0 fully saturated rings. The van der Waals surface area contributed by atoms with Crippen molar-refractivity contribution in [3.63, 3.8) is 0 Å². The number of nitrogens with one attached hydrogen (secondary N) is 1. The van der Waals surface area contributed by atoms with Gasteiger partial charge in [0.2, 0.25) is 0 Å². The molecule has 2 heterocycles. The molecule has 0 amide bonds. The Balaban J connectivity index is 1.58. The highest BCUT2D eigenvalue weighted by molar-refractivity contribution is 5.97. The summed E-state index contributed by atoms with van der Waals surface area (Å²) in [6.45, 7) is 12.9. The number of para-hydroxylation sites is 1. The Kier molecular flexibility index (Phi) is 5.91. The van der Waals surface area contributed by atoms with Crippen molar-refractivity contribution in [3.8, 4) is 11.5 Å². The Morgan fingerprint density at radius 2 is 1.41 bits per heavy atom. The molecule has 5 heteroatoms. The molecule has 1 N–H and O–H groups in total. The molecule has 1 unspecified atom stereocenters. The molecule has 2 aliphatic heterocycles. The van der Waals surface area contributed by atoms with Gasteiger partial charge in [-0.25, -0.2) is 4.79 Å². The first-order chi connectivity index (χ1) is 18.7. The summed E-state index contributed by atoms with van der Waals surface area (Å²) in [7, 11) is 0. The van der Waals surface area contributed by atoms with Gasteiger partial charge in [-0.1, -0.05) is 36.4 Å². The third-order valence-electron chi connectivity index (χ3n) is 7.87. The first-order valence-electron chi connectivity index (χ1n) is 13.6. The van der Waals surface area contributed by atoms with Crippen molar-refractivity contribution in [3.05, 3.63) is 112 Å². The average Bonchev–Trinajstić information content (AvgIpc) is 3.19. The third-order valence-corrected chi connectivity index (χ3v) is 7.87. The van der Waals surface area contributed by atoms with E-state index >= 15 is 0 Å². The summed E-state index contributed by atoms with van der Waals surface area (Å²) < 4.78 is 13.0. The van der Waals surface area contributed by atoms with Crippen LogP contribution in [0.1, 0.15) is 65.9 Å². The van der Waals surface area contributed by atoms with E-state index < -0.39 is 5.60 Å². The van der Waals surface area contributed by atoms with Crippen LogP contribution in [0.2, 0.25) is 0 Å². The van der Waals surface area contributed by atoms with E-state index in [1.54, 1.807) is 0 Å². The van der Waals surface area contributed by atoms with E-state index in [4.69, 9.17) is 9.47 Å². The Morgan fingerprint density at radius 1 is 0.718 bits per heavy atom. The second-order valence-electron chi connectivity index (χ2n) is 11.1. The van der Waals surface area contributed by atoms with Crippen LogP contribution >= 0.6 is 0 Å². The number of carbonyl (C=O) groups excluding carboxylic acids is 1. The highest BCUT2D eigenvalue weighted by atomic mass is 16.6. The Bertz CT molecular complexity index is 1600. The zero-order valence-corrected chi connectivity index (χ0v) is 23.3. The van der Waals surface area contributed by atoms with Crippen LogP contribution in [0.25, 0.3) is 0 Å². The van der Waals surface area contributed by atoms with Gasteiger partial charge in [0.25, 0.3) is 0 Å². The minimum absolute atomic E-state index is 0.315. The lowest BCUT2D eigenvalue weighted by molar-refractivity contribution is 0.0224. The highest BCUT2D eigenvalue weighted by Gasteiger charge is 2.53. The third kappa shape index (κ3) is 3.87. The van der Waals surface area contributed by atoms with Crippen LogP contribution in [0.3, 0.4) is 0 Å². The zero-order chi connectivity index (χ0) is 27.5. The van der Waals surface area contributed by atoms with E-state index in [1.807, 2.05) is 42.5 Å². The number of hydrogen-bond acceptors (Lipinski definition) is 5. The van der Waals surface area contributed by atoms with E-state index in [2.05, 4.69) is 88.2 Å². The van der Waals surface area contributed by atoms with Crippen LogP contribution in [0.5, 0.6) is 11.5 Å². The summed E-state index contributed by atoms with van der Waals surface area (Å²) in [5.74, 6) is 1.07. The number of benzene rings is 4. The van der Waals surface area contributed by atoms with Gasteiger partial charge in [0.05, 0.1) is 5.56 Å². The van der Waals surface area contributed by atoms with Gasteiger partial charge in [-0.2, -0.15) is 0 Å². The maximum absolute atomic E-state index is 13.3. The van der Waals surface area contributed by atoms with Crippen LogP contribution in [0.15, 0.2) is 78.9 Å². The lowest BCUT2D eigenvalue weighted by Gasteiger charge is -2.39. The monoisotopic (exact) mass is 518 g/mol. The van der Waals surface area contributed by atoms with Gasteiger partial charge < -0.3 is 19.7 Å². The average molecular weight is 519 g/mol. The normalized spacial score (nSPS) is 17.0. The Morgan fingerprint density at radius 3 is 2.15 bits per heavy atom. The molecular weight excluding hydrogens is 484 g/mol. The van der Waals surface area contributed by atoms with Gasteiger partial charge in [-0.3, -0.25) is 0 Å². The quantitative estimate of drug-likeness (QED) is 0.270. The molecule has 2 aliphatic rings. The van der Waals surface area contributed by atoms with Gasteiger partial charge in [-0.15, -0.1) is 0 Å². The largest absolute Gasteiger partial charge is 0.456 e. The number of aryl methyl sites for hydroxylation is 2. The van der Waals surface area contributed by atoms with Crippen LogP contribution in [0, 0.1) is 13.8 Å².